The zero-order chi connectivity index (χ0) is 14.1. The largest absolute Gasteiger partial charge is 0.352 e. The van der Waals surface area contributed by atoms with E-state index in [1.165, 1.54) is 32.1 Å². The fourth-order valence-corrected chi connectivity index (χ4v) is 4.39. The predicted octanol–water partition coefficient (Wildman–Crippen LogP) is 1.91. The molecule has 1 heterocycles. The number of carbonyl (C=O) groups excluding carboxylic acids is 1. The van der Waals surface area contributed by atoms with E-state index in [1.807, 2.05) is 0 Å². The minimum atomic E-state index is 0. The van der Waals surface area contributed by atoms with Gasteiger partial charge < -0.3 is 11.1 Å². The number of amides is 1. The quantitative estimate of drug-likeness (QED) is 0.836. The number of nitrogens with zero attached hydrogens (tertiary/aromatic N) is 1. The first-order valence-corrected chi connectivity index (χ1v) is 8.45. The van der Waals surface area contributed by atoms with Gasteiger partial charge in [0.1, 0.15) is 0 Å². The minimum absolute atomic E-state index is 0. The zero-order valence-electron chi connectivity index (χ0n) is 13.1. The van der Waals surface area contributed by atoms with E-state index in [4.69, 9.17) is 5.73 Å². The number of likely N-dealkylation sites (tertiary alicyclic amines) is 1. The highest BCUT2D eigenvalue weighted by Gasteiger charge is 2.43. The number of rotatable bonds is 3. The molecule has 1 saturated heterocycles. The molecule has 0 aromatic rings. The number of halogens is 1. The summed E-state index contributed by atoms with van der Waals surface area (Å²) in [5, 5.41) is 3.26. The molecule has 3 rings (SSSR count). The van der Waals surface area contributed by atoms with E-state index in [-0.39, 0.29) is 24.4 Å². The van der Waals surface area contributed by atoms with Gasteiger partial charge in [0.25, 0.3) is 0 Å². The third kappa shape index (κ3) is 3.72. The maximum Gasteiger partial charge on any atom is 0.237 e. The van der Waals surface area contributed by atoms with Crippen LogP contribution in [0, 0.1) is 11.8 Å². The monoisotopic (exact) mass is 315 g/mol. The van der Waals surface area contributed by atoms with Crippen molar-refractivity contribution >= 4 is 18.3 Å². The number of nitrogens with two attached hydrogens (primary N) is 1. The number of nitrogens with one attached hydrogen (secondary N) is 1. The van der Waals surface area contributed by atoms with Gasteiger partial charge in [0.05, 0.1) is 6.04 Å². The van der Waals surface area contributed by atoms with Gasteiger partial charge in [-0.15, -0.1) is 12.4 Å². The van der Waals surface area contributed by atoms with Gasteiger partial charge in [-0.05, 0) is 44.4 Å². The van der Waals surface area contributed by atoms with Gasteiger partial charge in [-0.25, -0.2) is 0 Å². The Labute approximate surface area is 134 Å². The van der Waals surface area contributed by atoms with Crippen LogP contribution >= 0.6 is 12.4 Å². The second kappa shape index (κ2) is 7.30. The molecule has 3 fully saturated rings. The zero-order valence-corrected chi connectivity index (χ0v) is 13.9. The standard InChI is InChI=1S/C16H29N3O.ClH/c1-11(16(20)18-13-5-3-2-4-6-13)19-9-12-7-8-15(17)14(12)10-19;/h11-15H,2-10,17H2,1H3,(H,18,20);1H. The molecule has 0 bridgehead atoms. The third-order valence-corrected chi connectivity index (χ3v) is 5.82. The first kappa shape index (κ1) is 17.0. The molecular formula is C16H30ClN3O. The lowest BCUT2D eigenvalue weighted by Crippen LogP contribution is -2.48. The number of fused-ring (bicyclic) bond motifs is 1. The van der Waals surface area contributed by atoms with Crippen molar-refractivity contribution in [1.82, 2.24) is 10.2 Å². The molecule has 2 aliphatic carbocycles. The second-order valence-electron chi connectivity index (χ2n) is 7.14. The van der Waals surface area contributed by atoms with Gasteiger partial charge >= 0.3 is 0 Å². The van der Waals surface area contributed by atoms with Crippen LogP contribution < -0.4 is 11.1 Å². The topological polar surface area (TPSA) is 58.4 Å². The summed E-state index contributed by atoms with van der Waals surface area (Å²) >= 11 is 0. The van der Waals surface area contributed by atoms with E-state index in [0.29, 0.717) is 18.0 Å². The van der Waals surface area contributed by atoms with E-state index >= 15 is 0 Å². The molecule has 0 spiro atoms. The van der Waals surface area contributed by atoms with E-state index in [2.05, 4.69) is 17.1 Å². The van der Waals surface area contributed by atoms with Crippen molar-refractivity contribution in [3.8, 4) is 0 Å². The Morgan fingerprint density at radius 3 is 2.52 bits per heavy atom. The Morgan fingerprint density at radius 2 is 1.86 bits per heavy atom. The molecule has 5 heteroatoms. The minimum Gasteiger partial charge on any atom is -0.352 e. The SMILES string of the molecule is CC(C(=O)NC1CCCCC1)N1CC2CCC(N)C2C1.Cl. The summed E-state index contributed by atoms with van der Waals surface area (Å²) in [5.74, 6) is 1.58. The molecule has 2 saturated carbocycles. The van der Waals surface area contributed by atoms with Crippen LogP contribution in [-0.4, -0.2) is 42.0 Å². The summed E-state index contributed by atoms with van der Waals surface area (Å²) in [5.41, 5.74) is 6.18. The highest BCUT2D eigenvalue weighted by Crippen LogP contribution is 2.37. The van der Waals surface area contributed by atoms with Gasteiger partial charge in [0.15, 0.2) is 0 Å². The van der Waals surface area contributed by atoms with Crippen molar-refractivity contribution in [2.24, 2.45) is 17.6 Å². The average Bonchev–Trinajstić information content (AvgIpc) is 3.02. The summed E-state index contributed by atoms with van der Waals surface area (Å²) < 4.78 is 0. The summed E-state index contributed by atoms with van der Waals surface area (Å²) in [6, 6.07) is 0.788. The van der Waals surface area contributed by atoms with Gasteiger partial charge in [-0.1, -0.05) is 19.3 Å². The summed E-state index contributed by atoms with van der Waals surface area (Å²) in [4.78, 5) is 14.8. The Balaban J connectivity index is 0.00000161. The summed E-state index contributed by atoms with van der Waals surface area (Å²) in [6.45, 7) is 4.15. The second-order valence-corrected chi connectivity index (χ2v) is 7.14. The lowest BCUT2D eigenvalue weighted by molar-refractivity contribution is -0.126. The van der Waals surface area contributed by atoms with E-state index in [9.17, 15) is 4.79 Å². The summed E-state index contributed by atoms with van der Waals surface area (Å²) in [7, 11) is 0. The molecule has 4 unspecified atom stereocenters. The van der Waals surface area contributed by atoms with Crippen LogP contribution in [-0.2, 0) is 4.79 Å². The predicted molar refractivity (Wildman–Crippen MR) is 87.5 cm³/mol. The molecule has 3 N–H and O–H groups in total. The lowest BCUT2D eigenvalue weighted by Gasteiger charge is -2.29. The molecule has 0 radical (unpaired) electrons. The van der Waals surface area contributed by atoms with Crippen molar-refractivity contribution in [3.05, 3.63) is 0 Å². The first-order valence-electron chi connectivity index (χ1n) is 8.45. The normalized spacial score (nSPS) is 35.0. The number of hydrogen-bond acceptors (Lipinski definition) is 3. The van der Waals surface area contributed by atoms with Gasteiger partial charge in [-0.3, -0.25) is 9.69 Å². The Morgan fingerprint density at radius 1 is 1.14 bits per heavy atom. The highest BCUT2D eigenvalue weighted by atomic mass is 35.5. The third-order valence-electron chi connectivity index (χ3n) is 5.82. The molecule has 4 nitrogen and oxygen atoms in total. The molecule has 1 aliphatic heterocycles. The smallest absolute Gasteiger partial charge is 0.237 e. The molecule has 21 heavy (non-hydrogen) atoms. The van der Waals surface area contributed by atoms with Crippen molar-refractivity contribution in [2.75, 3.05) is 13.1 Å². The number of hydrogen-bond donors (Lipinski definition) is 2. The summed E-state index contributed by atoms with van der Waals surface area (Å²) in [6.07, 6.45) is 8.60. The van der Waals surface area contributed by atoms with Crippen molar-refractivity contribution in [3.63, 3.8) is 0 Å². The average molecular weight is 316 g/mol. The van der Waals surface area contributed by atoms with Crippen LogP contribution in [0.5, 0.6) is 0 Å². The van der Waals surface area contributed by atoms with Crippen LogP contribution in [0.4, 0.5) is 0 Å². The lowest BCUT2D eigenvalue weighted by atomic mass is 9.95. The molecule has 1 amide bonds. The van der Waals surface area contributed by atoms with Crippen LogP contribution in [0.2, 0.25) is 0 Å². The van der Waals surface area contributed by atoms with Crippen molar-refractivity contribution in [2.45, 2.75) is 70.0 Å². The van der Waals surface area contributed by atoms with Crippen LogP contribution in [0.1, 0.15) is 51.9 Å². The van der Waals surface area contributed by atoms with Gasteiger partial charge in [-0.2, -0.15) is 0 Å². The maximum absolute atomic E-state index is 12.4. The van der Waals surface area contributed by atoms with E-state index in [1.54, 1.807) is 0 Å². The molecule has 0 aromatic heterocycles. The van der Waals surface area contributed by atoms with E-state index < -0.39 is 0 Å². The van der Waals surface area contributed by atoms with Gasteiger partial charge in [0.2, 0.25) is 5.91 Å². The van der Waals surface area contributed by atoms with E-state index in [0.717, 1.165) is 31.8 Å². The van der Waals surface area contributed by atoms with Crippen molar-refractivity contribution < 1.29 is 4.79 Å². The molecular weight excluding hydrogens is 286 g/mol. The van der Waals surface area contributed by atoms with Gasteiger partial charge in [0, 0.05) is 25.2 Å². The Bertz CT molecular complexity index is 359. The van der Waals surface area contributed by atoms with Crippen LogP contribution in [0.15, 0.2) is 0 Å². The fraction of sp³-hybridized carbons (Fsp3) is 0.938. The number of carbonyl (C=O) groups is 1. The Kier molecular flexibility index (Phi) is 5.92. The molecule has 0 aromatic carbocycles. The van der Waals surface area contributed by atoms with Crippen molar-refractivity contribution in [1.29, 1.82) is 0 Å². The molecule has 3 aliphatic rings. The maximum atomic E-state index is 12.4. The molecule has 122 valence electrons. The van der Waals surface area contributed by atoms with Crippen LogP contribution in [0.3, 0.4) is 0 Å². The molecule has 4 atom stereocenters. The first-order chi connectivity index (χ1) is 9.65. The fourth-order valence-electron chi connectivity index (χ4n) is 4.39. The highest BCUT2D eigenvalue weighted by molar-refractivity contribution is 5.85. The Hall–Kier alpha value is -0.320. The van der Waals surface area contributed by atoms with Crippen LogP contribution in [0.25, 0.3) is 0 Å².